The monoisotopic (exact) mass is 306 g/mol. The number of alkyl halides is 4. The standard InChI is InChI=1S/C13H14F4N2O2/c1-7(18-12(21)13(16,17)11(14)15)9-4-3-5-10(6-9)19-8(2)20/h3-7,11H,1-2H3,(H,18,21)(H,19,20). The van der Waals surface area contributed by atoms with Crippen molar-refractivity contribution in [3.63, 3.8) is 0 Å². The first-order chi connectivity index (χ1) is 9.64. The van der Waals surface area contributed by atoms with Crippen LogP contribution < -0.4 is 10.6 Å². The van der Waals surface area contributed by atoms with E-state index >= 15 is 0 Å². The highest BCUT2D eigenvalue weighted by atomic mass is 19.3. The number of rotatable bonds is 5. The molecule has 0 aliphatic heterocycles. The van der Waals surface area contributed by atoms with Gasteiger partial charge in [-0.2, -0.15) is 8.78 Å². The largest absolute Gasteiger partial charge is 0.383 e. The Hall–Kier alpha value is -2.12. The number of hydrogen-bond donors (Lipinski definition) is 2. The molecule has 1 aromatic carbocycles. The Kier molecular flexibility index (Phi) is 5.28. The van der Waals surface area contributed by atoms with Gasteiger partial charge in [-0.1, -0.05) is 12.1 Å². The number of carbonyl (C=O) groups excluding carboxylic acids is 2. The van der Waals surface area contributed by atoms with E-state index < -0.39 is 24.3 Å². The summed E-state index contributed by atoms with van der Waals surface area (Å²) in [5.41, 5.74) is 0.793. The van der Waals surface area contributed by atoms with E-state index in [2.05, 4.69) is 5.32 Å². The minimum Gasteiger partial charge on any atom is -0.344 e. The summed E-state index contributed by atoms with van der Waals surface area (Å²) in [5.74, 6) is -7.12. The minimum atomic E-state index is -4.75. The Balaban J connectivity index is 2.82. The molecule has 8 heteroatoms. The fraction of sp³-hybridized carbons (Fsp3) is 0.385. The van der Waals surface area contributed by atoms with Gasteiger partial charge in [0.1, 0.15) is 0 Å². The second-order valence-corrected chi connectivity index (χ2v) is 4.43. The van der Waals surface area contributed by atoms with E-state index in [4.69, 9.17) is 0 Å². The second-order valence-electron chi connectivity index (χ2n) is 4.43. The molecule has 1 unspecified atom stereocenters. The summed E-state index contributed by atoms with van der Waals surface area (Å²) in [6, 6.07) is 5.14. The lowest BCUT2D eigenvalue weighted by molar-refractivity contribution is -0.170. The Morgan fingerprint density at radius 2 is 1.86 bits per heavy atom. The first-order valence-electron chi connectivity index (χ1n) is 5.99. The van der Waals surface area contributed by atoms with Crippen LogP contribution in [-0.4, -0.2) is 24.2 Å². The van der Waals surface area contributed by atoms with Gasteiger partial charge in [0.15, 0.2) is 0 Å². The highest BCUT2D eigenvalue weighted by Gasteiger charge is 2.49. The van der Waals surface area contributed by atoms with Gasteiger partial charge in [-0.3, -0.25) is 9.59 Å². The van der Waals surface area contributed by atoms with Gasteiger partial charge in [-0.05, 0) is 24.6 Å². The van der Waals surface area contributed by atoms with Crippen molar-refractivity contribution in [2.75, 3.05) is 5.32 Å². The van der Waals surface area contributed by atoms with Crippen LogP contribution in [0.4, 0.5) is 23.2 Å². The minimum absolute atomic E-state index is 0.326. The van der Waals surface area contributed by atoms with Gasteiger partial charge >= 0.3 is 12.3 Å². The summed E-state index contributed by atoms with van der Waals surface area (Å²) < 4.78 is 49.8. The molecular weight excluding hydrogens is 292 g/mol. The van der Waals surface area contributed by atoms with Crippen LogP contribution in [0.25, 0.3) is 0 Å². The number of anilines is 1. The third kappa shape index (κ3) is 4.44. The van der Waals surface area contributed by atoms with E-state index in [9.17, 15) is 27.2 Å². The highest BCUT2D eigenvalue weighted by Crippen LogP contribution is 2.25. The zero-order valence-corrected chi connectivity index (χ0v) is 11.3. The number of benzene rings is 1. The third-order valence-electron chi connectivity index (χ3n) is 2.63. The quantitative estimate of drug-likeness (QED) is 0.822. The van der Waals surface area contributed by atoms with Crippen molar-refractivity contribution in [2.24, 2.45) is 0 Å². The zero-order chi connectivity index (χ0) is 16.2. The smallest absolute Gasteiger partial charge is 0.344 e. The van der Waals surface area contributed by atoms with E-state index in [1.807, 2.05) is 5.32 Å². The fourth-order valence-electron chi connectivity index (χ4n) is 1.56. The molecule has 0 aromatic heterocycles. The van der Waals surface area contributed by atoms with E-state index in [0.717, 1.165) is 0 Å². The summed E-state index contributed by atoms with van der Waals surface area (Å²) >= 11 is 0. The van der Waals surface area contributed by atoms with Gasteiger partial charge in [-0.25, -0.2) is 8.78 Å². The van der Waals surface area contributed by atoms with E-state index in [1.54, 1.807) is 6.07 Å². The number of carbonyl (C=O) groups is 2. The van der Waals surface area contributed by atoms with Crippen molar-refractivity contribution >= 4 is 17.5 Å². The predicted octanol–water partition coefficient (Wildman–Crippen LogP) is 2.72. The molecule has 1 aromatic rings. The lowest BCUT2D eigenvalue weighted by Gasteiger charge is -2.20. The van der Waals surface area contributed by atoms with Gasteiger partial charge in [0.2, 0.25) is 5.91 Å². The SMILES string of the molecule is CC(=O)Nc1cccc(C(C)NC(=O)C(F)(F)C(F)F)c1. The highest BCUT2D eigenvalue weighted by molar-refractivity contribution is 5.88. The number of halogens is 4. The van der Waals surface area contributed by atoms with Crippen LogP contribution in [0.5, 0.6) is 0 Å². The van der Waals surface area contributed by atoms with Gasteiger partial charge in [0.25, 0.3) is 5.91 Å². The van der Waals surface area contributed by atoms with Crippen molar-refractivity contribution in [3.8, 4) is 0 Å². The summed E-state index contributed by atoms with van der Waals surface area (Å²) in [6.45, 7) is 2.66. The maximum absolute atomic E-state index is 12.8. The lowest BCUT2D eigenvalue weighted by Crippen LogP contribution is -2.45. The van der Waals surface area contributed by atoms with Crippen LogP contribution >= 0.6 is 0 Å². The summed E-state index contributed by atoms with van der Waals surface area (Å²) in [7, 11) is 0. The van der Waals surface area contributed by atoms with Crippen LogP contribution in [0.3, 0.4) is 0 Å². The first kappa shape index (κ1) is 16.9. The van der Waals surface area contributed by atoms with Crippen LogP contribution in [0.1, 0.15) is 25.5 Å². The van der Waals surface area contributed by atoms with Crippen molar-refractivity contribution in [3.05, 3.63) is 29.8 Å². The average molecular weight is 306 g/mol. The molecule has 0 aliphatic rings. The maximum atomic E-state index is 12.8. The maximum Gasteiger partial charge on any atom is 0.383 e. The summed E-state index contributed by atoms with van der Waals surface area (Å²) in [6.07, 6.45) is -4.07. The van der Waals surface area contributed by atoms with Crippen LogP contribution in [0, 0.1) is 0 Å². The van der Waals surface area contributed by atoms with E-state index in [-0.39, 0.29) is 5.91 Å². The molecule has 2 amide bonds. The summed E-state index contributed by atoms with van der Waals surface area (Å²) in [4.78, 5) is 22.1. The normalized spacial score (nSPS) is 12.9. The Bertz CT molecular complexity index is 535. The molecule has 0 saturated carbocycles. The van der Waals surface area contributed by atoms with Crippen molar-refractivity contribution in [1.82, 2.24) is 5.32 Å². The van der Waals surface area contributed by atoms with Crippen LogP contribution in [0.2, 0.25) is 0 Å². The van der Waals surface area contributed by atoms with Gasteiger partial charge in [0, 0.05) is 12.6 Å². The van der Waals surface area contributed by atoms with E-state index in [1.165, 1.54) is 32.0 Å². The lowest BCUT2D eigenvalue weighted by atomic mass is 10.1. The molecule has 0 fully saturated rings. The van der Waals surface area contributed by atoms with Crippen molar-refractivity contribution in [1.29, 1.82) is 0 Å². The third-order valence-corrected chi connectivity index (χ3v) is 2.63. The molecule has 0 aliphatic carbocycles. The molecule has 1 rings (SSSR count). The molecule has 0 bridgehead atoms. The predicted molar refractivity (Wildman–Crippen MR) is 68.3 cm³/mol. The van der Waals surface area contributed by atoms with Crippen molar-refractivity contribution in [2.45, 2.75) is 32.2 Å². The molecule has 0 saturated heterocycles. The number of amides is 2. The number of hydrogen-bond acceptors (Lipinski definition) is 2. The fourth-order valence-corrected chi connectivity index (χ4v) is 1.56. The molecule has 4 nitrogen and oxygen atoms in total. The Morgan fingerprint density at radius 1 is 1.24 bits per heavy atom. The molecule has 0 spiro atoms. The Morgan fingerprint density at radius 3 is 2.38 bits per heavy atom. The molecule has 1 atom stereocenters. The molecule has 0 radical (unpaired) electrons. The van der Waals surface area contributed by atoms with Gasteiger partial charge < -0.3 is 10.6 Å². The number of nitrogens with one attached hydrogen (secondary N) is 2. The van der Waals surface area contributed by atoms with E-state index in [0.29, 0.717) is 11.3 Å². The van der Waals surface area contributed by atoms with Crippen LogP contribution in [0.15, 0.2) is 24.3 Å². The van der Waals surface area contributed by atoms with Gasteiger partial charge in [0.05, 0.1) is 6.04 Å². The Labute approximate surface area is 118 Å². The molecule has 0 heterocycles. The van der Waals surface area contributed by atoms with Crippen molar-refractivity contribution < 1.29 is 27.2 Å². The molecular formula is C13H14F4N2O2. The first-order valence-corrected chi connectivity index (χ1v) is 5.99. The van der Waals surface area contributed by atoms with Gasteiger partial charge in [-0.15, -0.1) is 0 Å². The van der Waals surface area contributed by atoms with Crippen LogP contribution in [-0.2, 0) is 9.59 Å². The zero-order valence-electron chi connectivity index (χ0n) is 11.3. The molecule has 116 valence electrons. The topological polar surface area (TPSA) is 58.2 Å². The average Bonchev–Trinajstić information content (AvgIpc) is 2.37. The molecule has 2 N–H and O–H groups in total. The molecule has 21 heavy (non-hydrogen) atoms. The summed E-state index contributed by atoms with van der Waals surface area (Å²) in [5, 5.41) is 4.30. The second kappa shape index (κ2) is 6.55.